The molecular formula is C26H31N5O6S. The highest BCUT2D eigenvalue weighted by atomic mass is 32.2. The molecular weight excluding hydrogens is 510 g/mol. The van der Waals surface area contributed by atoms with Crippen molar-refractivity contribution in [3.8, 4) is 0 Å². The summed E-state index contributed by atoms with van der Waals surface area (Å²) >= 11 is 0. The zero-order valence-corrected chi connectivity index (χ0v) is 22.3. The number of ketones is 1. The third-order valence-electron chi connectivity index (χ3n) is 6.93. The number of nitrogens with zero attached hydrogens (tertiary/aromatic N) is 4. The van der Waals surface area contributed by atoms with Crippen molar-refractivity contribution in [3.05, 3.63) is 59.9 Å². The highest BCUT2D eigenvalue weighted by Crippen LogP contribution is 2.33. The zero-order chi connectivity index (χ0) is 27.6. The summed E-state index contributed by atoms with van der Waals surface area (Å²) in [4.78, 5) is 59.3. The van der Waals surface area contributed by atoms with Crippen molar-refractivity contribution in [2.75, 3.05) is 32.1 Å². The molecule has 3 unspecified atom stereocenters. The van der Waals surface area contributed by atoms with Crippen LogP contribution >= 0.6 is 0 Å². The van der Waals surface area contributed by atoms with Crippen molar-refractivity contribution in [2.24, 2.45) is 0 Å². The van der Waals surface area contributed by atoms with Gasteiger partial charge in [-0.1, -0.05) is 13.3 Å². The highest BCUT2D eigenvalue weighted by Gasteiger charge is 2.55. The zero-order valence-electron chi connectivity index (χ0n) is 21.5. The van der Waals surface area contributed by atoms with Gasteiger partial charge in [0.2, 0.25) is 5.91 Å². The average molecular weight is 542 g/mol. The molecule has 0 aliphatic carbocycles. The quantitative estimate of drug-likeness (QED) is 0.524. The standard InChI is InChI=1S/C26H31N5O6S/c1-4-6-20(28-24(33)17-8-10-19(11-9-17)29(2)3)25(34)30-14-12-21-23(30)22(32)16-31(21)38(36,37)26(35)18-7-5-13-27-15-18/h5,7-11,13,15,20-21,23H,4,6,12,14,16H2,1-3H3,(H,28,33). The van der Waals surface area contributed by atoms with Gasteiger partial charge >= 0.3 is 0 Å². The van der Waals surface area contributed by atoms with E-state index < -0.39 is 57.4 Å². The fourth-order valence-electron chi connectivity index (χ4n) is 4.98. The van der Waals surface area contributed by atoms with Crippen LogP contribution in [0.2, 0.25) is 0 Å². The fraction of sp³-hybridized carbons (Fsp3) is 0.423. The van der Waals surface area contributed by atoms with Crippen LogP contribution in [-0.4, -0.2) is 90.6 Å². The highest BCUT2D eigenvalue weighted by molar-refractivity contribution is 8.04. The lowest BCUT2D eigenvalue weighted by Crippen LogP contribution is -2.52. The summed E-state index contributed by atoms with van der Waals surface area (Å²) in [5.74, 6) is -1.31. The second kappa shape index (κ2) is 11.0. The first-order valence-electron chi connectivity index (χ1n) is 12.4. The number of Topliss-reactive ketones (excluding diaryl/α,β-unsaturated/α-hetero) is 1. The normalized spacial score (nSPS) is 20.2. The second-order valence-corrected chi connectivity index (χ2v) is 11.4. The Kier molecular flexibility index (Phi) is 7.93. The predicted molar refractivity (Wildman–Crippen MR) is 140 cm³/mol. The van der Waals surface area contributed by atoms with Crippen molar-refractivity contribution in [1.82, 2.24) is 19.5 Å². The lowest BCUT2D eigenvalue weighted by Gasteiger charge is -2.28. The van der Waals surface area contributed by atoms with Crippen LogP contribution in [0.5, 0.6) is 0 Å². The van der Waals surface area contributed by atoms with E-state index in [4.69, 9.17) is 0 Å². The number of amides is 2. The number of carbonyl (C=O) groups excluding carboxylic acids is 4. The number of carbonyl (C=O) groups is 4. The molecule has 38 heavy (non-hydrogen) atoms. The van der Waals surface area contributed by atoms with Crippen LogP contribution in [0.4, 0.5) is 5.69 Å². The summed E-state index contributed by atoms with van der Waals surface area (Å²) < 4.78 is 27.2. The Bertz CT molecular complexity index is 1330. The van der Waals surface area contributed by atoms with Crippen LogP contribution in [0, 0.1) is 0 Å². The maximum atomic E-state index is 13.6. The number of anilines is 1. The van der Waals surface area contributed by atoms with Gasteiger partial charge in [0.05, 0.1) is 18.2 Å². The number of sulfonamides is 1. The number of benzene rings is 1. The lowest BCUT2D eigenvalue weighted by atomic mass is 10.1. The molecule has 2 aromatic rings. The van der Waals surface area contributed by atoms with Crippen molar-refractivity contribution in [2.45, 2.75) is 44.3 Å². The van der Waals surface area contributed by atoms with Gasteiger partial charge in [-0.25, -0.2) is 8.42 Å². The molecule has 0 saturated carbocycles. The molecule has 2 amide bonds. The fourth-order valence-corrected chi connectivity index (χ4v) is 6.48. The van der Waals surface area contributed by atoms with E-state index in [0.29, 0.717) is 18.4 Å². The van der Waals surface area contributed by atoms with Crippen molar-refractivity contribution < 1.29 is 27.6 Å². The molecule has 202 valence electrons. The molecule has 4 rings (SSSR count). The van der Waals surface area contributed by atoms with E-state index in [-0.39, 0.29) is 18.5 Å². The van der Waals surface area contributed by atoms with E-state index in [1.54, 1.807) is 24.3 Å². The van der Waals surface area contributed by atoms with Crippen LogP contribution in [0.15, 0.2) is 48.8 Å². The smallest absolute Gasteiger partial charge is 0.293 e. The number of nitrogens with one attached hydrogen (secondary N) is 1. The number of hydrogen-bond donors (Lipinski definition) is 1. The topological polar surface area (TPSA) is 137 Å². The minimum atomic E-state index is -4.50. The number of aromatic nitrogens is 1. The molecule has 12 heteroatoms. The molecule has 0 bridgehead atoms. The van der Waals surface area contributed by atoms with Gasteiger partial charge in [0, 0.05) is 44.3 Å². The molecule has 1 aromatic carbocycles. The van der Waals surface area contributed by atoms with Crippen LogP contribution in [0.3, 0.4) is 0 Å². The Morgan fingerprint density at radius 3 is 2.45 bits per heavy atom. The summed E-state index contributed by atoms with van der Waals surface area (Å²) in [5.41, 5.74) is 1.22. The Morgan fingerprint density at radius 1 is 1.13 bits per heavy atom. The molecule has 11 nitrogen and oxygen atoms in total. The van der Waals surface area contributed by atoms with E-state index in [1.807, 2.05) is 25.9 Å². The Labute approximate surface area is 221 Å². The van der Waals surface area contributed by atoms with E-state index in [1.165, 1.54) is 23.2 Å². The van der Waals surface area contributed by atoms with E-state index in [0.717, 1.165) is 16.2 Å². The molecule has 2 aliphatic rings. The number of hydrogen-bond acceptors (Lipinski definition) is 8. The second-order valence-electron chi connectivity index (χ2n) is 9.63. The molecule has 1 N–H and O–H groups in total. The maximum Gasteiger partial charge on any atom is 0.293 e. The van der Waals surface area contributed by atoms with Crippen molar-refractivity contribution >= 4 is 38.4 Å². The van der Waals surface area contributed by atoms with Gasteiger partial charge in [-0.05, 0) is 49.2 Å². The predicted octanol–water partition coefficient (Wildman–Crippen LogP) is 1.07. The van der Waals surface area contributed by atoms with Gasteiger partial charge in [-0.3, -0.25) is 24.2 Å². The molecule has 2 saturated heterocycles. The first-order chi connectivity index (χ1) is 18.1. The van der Waals surface area contributed by atoms with E-state index in [9.17, 15) is 27.6 Å². The van der Waals surface area contributed by atoms with Gasteiger partial charge < -0.3 is 15.1 Å². The molecule has 2 aliphatic heterocycles. The minimum Gasteiger partial charge on any atom is -0.378 e. The van der Waals surface area contributed by atoms with Gasteiger partial charge in [0.15, 0.2) is 5.78 Å². The summed E-state index contributed by atoms with van der Waals surface area (Å²) in [6.45, 7) is 1.53. The van der Waals surface area contributed by atoms with Crippen molar-refractivity contribution in [3.63, 3.8) is 0 Å². The first kappa shape index (κ1) is 27.4. The number of fused-ring (bicyclic) bond motifs is 1. The molecule has 2 fully saturated rings. The van der Waals surface area contributed by atoms with Crippen LogP contribution in [-0.2, 0) is 19.6 Å². The van der Waals surface area contributed by atoms with E-state index in [2.05, 4.69) is 10.3 Å². The third kappa shape index (κ3) is 5.18. The van der Waals surface area contributed by atoms with Gasteiger partial charge in [-0.15, -0.1) is 0 Å². The number of pyridine rings is 1. The molecule has 3 atom stereocenters. The number of likely N-dealkylation sites (tertiary alicyclic amines) is 1. The van der Waals surface area contributed by atoms with Gasteiger partial charge in [-0.2, -0.15) is 4.31 Å². The molecule has 1 aromatic heterocycles. The first-order valence-corrected chi connectivity index (χ1v) is 13.9. The molecule has 3 heterocycles. The van der Waals surface area contributed by atoms with Crippen molar-refractivity contribution in [1.29, 1.82) is 0 Å². The van der Waals surface area contributed by atoms with Crippen LogP contribution < -0.4 is 10.2 Å². The summed E-state index contributed by atoms with van der Waals surface area (Å²) in [6.07, 6.45) is 3.74. The maximum absolute atomic E-state index is 13.6. The average Bonchev–Trinajstić information content (AvgIpc) is 3.49. The van der Waals surface area contributed by atoms with E-state index >= 15 is 0 Å². The third-order valence-corrected chi connectivity index (χ3v) is 8.65. The Balaban J connectivity index is 1.50. The molecule has 0 radical (unpaired) electrons. The van der Waals surface area contributed by atoms with Crippen LogP contribution in [0.25, 0.3) is 0 Å². The minimum absolute atomic E-state index is 0.0985. The Morgan fingerprint density at radius 2 is 1.84 bits per heavy atom. The van der Waals surface area contributed by atoms with Gasteiger partial charge in [0.25, 0.3) is 21.0 Å². The Hall–Kier alpha value is -3.64. The summed E-state index contributed by atoms with van der Waals surface area (Å²) in [5, 5.41) is 1.65. The SMILES string of the molecule is CCCC(NC(=O)c1ccc(N(C)C)cc1)C(=O)N1CCC2C1C(=O)CN2S(=O)(=O)C(=O)c1cccnc1. The van der Waals surface area contributed by atoms with Gasteiger partial charge in [0.1, 0.15) is 12.1 Å². The summed E-state index contributed by atoms with van der Waals surface area (Å²) in [7, 11) is -0.723. The monoisotopic (exact) mass is 541 g/mol. The molecule has 0 spiro atoms. The van der Waals surface area contributed by atoms with Crippen LogP contribution in [0.1, 0.15) is 46.9 Å². The summed E-state index contributed by atoms with van der Waals surface area (Å²) in [6, 6.07) is 7.02. The largest absolute Gasteiger partial charge is 0.378 e. The lowest BCUT2D eigenvalue weighted by molar-refractivity contribution is -0.138. The number of rotatable bonds is 8.